The molecule has 31 heavy (non-hydrogen) atoms. The van der Waals surface area contributed by atoms with Crippen LogP contribution in [0.15, 0.2) is 83.8 Å². The lowest BCUT2D eigenvalue weighted by Gasteiger charge is -2.08. The van der Waals surface area contributed by atoms with Crippen LogP contribution in [0.1, 0.15) is 10.6 Å². The van der Waals surface area contributed by atoms with Gasteiger partial charge in [-0.25, -0.2) is 9.67 Å². The van der Waals surface area contributed by atoms with Crippen molar-refractivity contribution in [3.05, 3.63) is 99.9 Å². The van der Waals surface area contributed by atoms with Gasteiger partial charge in [0.2, 0.25) is 5.91 Å². The lowest BCUT2D eigenvalue weighted by Crippen LogP contribution is -2.29. The normalized spacial score (nSPS) is 11.1. The first kappa shape index (κ1) is 19.1. The first-order chi connectivity index (χ1) is 15.2. The van der Waals surface area contributed by atoms with E-state index in [1.54, 1.807) is 29.7 Å². The summed E-state index contributed by atoms with van der Waals surface area (Å²) in [6.45, 7) is -0.142. The zero-order chi connectivity index (χ0) is 21.2. The molecule has 0 radical (unpaired) electrons. The number of carbonyl (C=O) groups excluding carboxylic acids is 1. The first-order valence-electron chi connectivity index (χ1n) is 9.84. The van der Waals surface area contributed by atoms with Crippen LogP contribution in [0.3, 0.4) is 0 Å². The molecule has 2 heterocycles. The molecular weight excluding hydrogens is 408 g/mol. The van der Waals surface area contributed by atoms with Crippen molar-refractivity contribution < 1.29 is 4.79 Å². The van der Waals surface area contributed by atoms with Crippen molar-refractivity contribution >= 4 is 43.9 Å². The van der Waals surface area contributed by atoms with Crippen molar-refractivity contribution in [3.63, 3.8) is 0 Å². The third-order valence-corrected chi connectivity index (χ3v) is 6.02. The van der Waals surface area contributed by atoms with Crippen molar-refractivity contribution in [2.75, 3.05) is 5.32 Å². The number of thiazole rings is 1. The topological polar surface area (TPSA) is 76.9 Å². The highest BCUT2D eigenvalue weighted by Gasteiger charge is 2.09. The molecule has 0 atom stereocenters. The van der Waals surface area contributed by atoms with Crippen LogP contribution in [0.5, 0.6) is 0 Å². The largest absolute Gasteiger partial charge is 0.324 e. The van der Waals surface area contributed by atoms with E-state index in [1.165, 1.54) is 9.38 Å². The minimum absolute atomic E-state index is 0.142. The number of fused-ring (bicyclic) bond motifs is 2. The maximum atomic E-state index is 12.5. The smallest absolute Gasteiger partial charge is 0.275 e. The predicted molar refractivity (Wildman–Crippen MR) is 124 cm³/mol. The fraction of sp³-hybridized carbons (Fsp3) is 0.0833. The molecule has 0 fully saturated rings. The average molecular weight is 427 g/mol. The second-order valence-electron chi connectivity index (χ2n) is 7.19. The average Bonchev–Trinajstić information content (AvgIpc) is 3.19. The zero-order valence-electron chi connectivity index (χ0n) is 16.5. The number of hydrogen-bond donors (Lipinski definition) is 1. The lowest BCUT2D eigenvalue weighted by molar-refractivity contribution is -0.117. The summed E-state index contributed by atoms with van der Waals surface area (Å²) in [5, 5.41) is 9.29. The Labute approximate surface area is 181 Å². The van der Waals surface area contributed by atoms with Gasteiger partial charge in [-0.1, -0.05) is 42.5 Å². The van der Waals surface area contributed by atoms with Gasteiger partial charge in [-0.05, 0) is 35.9 Å². The van der Waals surface area contributed by atoms with E-state index < -0.39 is 0 Å². The van der Waals surface area contributed by atoms with E-state index >= 15 is 0 Å². The molecule has 0 unspecified atom stereocenters. The predicted octanol–water partition coefficient (Wildman–Crippen LogP) is 4.24. The Balaban J connectivity index is 1.25. The minimum atomic E-state index is -0.302. The molecule has 0 bridgehead atoms. The van der Waals surface area contributed by atoms with E-state index in [0.29, 0.717) is 11.1 Å². The number of amides is 1. The molecule has 0 aliphatic carbocycles. The van der Waals surface area contributed by atoms with Crippen LogP contribution in [-0.2, 0) is 17.8 Å². The quantitative estimate of drug-likeness (QED) is 0.456. The molecule has 1 amide bonds. The van der Waals surface area contributed by atoms with E-state index in [4.69, 9.17) is 0 Å². The molecule has 2 aromatic heterocycles. The molecule has 6 nitrogen and oxygen atoms in total. The Bertz CT molecular complexity index is 1420. The summed E-state index contributed by atoms with van der Waals surface area (Å²) in [4.78, 5) is 29.6. The van der Waals surface area contributed by atoms with Crippen molar-refractivity contribution in [3.8, 4) is 0 Å². The summed E-state index contributed by atoms with van der Waals surface area (Å²) in [5.41, 5.74) is 2.53. The summed E-state index contributed by atoms with van der Waals surface area (Å²) in [7, 11) is 0. The van der Waals surface area contributed by atoms with Crippen molar-refractivity contribution in [1.29, 1.82) is 0 Å². The third kappa shape index (κ3) is 4.08. The van der Waals surface area contributed by atoms with Crippen LogP contribution >= 0.6 is 11.3 Å². The zero-order valence-corrected chi connectivity index (χ0v) is 17.3. The summed E-state index contributed by atoms with van der Waals surface area (Å²) in [6, 6.07) is 23.0. The molecule has 0 aliphatic rings. The number of anilines is 1. The van der Waals surface area contributed by atoms with E-state index in [0.717, 1.165) is 27.9 Å². The molecular formula is C24H18N4O2S. The molecule has 152 valence electrons. The van der Waals surface area contributed by atoms with Crippen molar-refractivity contribution in [2.45, 2.75) is 13.0 Å². The van der Waals surface area contributed by atoms with Gasteiger partial charge in [-0.15, -0.1) is 11.3 Å². The van der Waals surface area contributed by atoms with Gasteiger partial charge in [0.1, 0.15) is 6.54 Å². The number of aromatic nitrogens is 3. The summed E-state index contributed by atoms with van der Waals surface area (Å²) >= 11 is 1.69. The molecule has 7 heteroatoms. The third-order valence-electron chi connectivity index (χ3n) is 4.99. The molecule has 0 aliphatic heterocycles. The Kier molecular flexibility index (Phi) is 5.01. The number of benzene rings is 3. The fourth-order valence-corrected chi connectivity index (χ4v) is 4.45. The maximum Gasteiger partial charge on any atom is 0.275 e. The van der Waals surface area contributed by atoms with Crippen LogP contribution in [0, 0.1) is 0 Å². The van der Waals surface area contributed by atoms with Crippen LogP contribution in [-0.4, -0.2) is 20.7 Å². The van der Waals surface area contributed by atoms with Gasteiger partial charge in [0.05, 0.1) is 26.8 Å². The highest BCUT2D eigenvalue weighted by Crippen LogP contribution is 2.24. The van der Waals surface area contributed by atoms with Gasteiger partial charge in [-0.3, -0.25) is 9.59 Å². The Morgan fingerprint density at radius 1 is 0.968 bits per heavy atom. The van der Waals surface area contributed by atoms with Crippen molar-refractivity contribution in [2.24, 2.45) is 0 Å². The highest BCUT2D eigenvalue weighted by atomic mass is 32.1. The molecule has 0 saturated carbocycles. The summed E-state index contributed by atoms with van der Waals surface area (Å²) in [5.74, 6) is -0.302. The fourth-order valence-electron chi connectivity index (χ4n) is 3.45. The molecule has 5 rings (SSSR count). The van der Waals surface area contributed by atoms with Gasteiger partial charge in [0, 0.05) is 17.5 Å². The molecule has 0 spiro atoms. The summed E-state index contributed by atoms with van der Waals surface area (Å²) < 4.78 is 2.36. The number of rotatable bonds is 5. The van der Waals surface area contributed by atoms with E-state index in [-0.39, 0.29) is 18.0 Å². The highest BCUT2D eigenvalue weighted by molar-refractivity contribution is 7.18. The number of nitrogens with zero attached hydrogens (tertiary/aromatic N) is 3. The van der Waals surface area contributed by atoms with Crippen LogP contribution in [0.25, 0.3) is 21.0 Å². The molecule has 0 saturated heterocycles. The second kappa shape index (κ2) is 8.12. The van der Waals surface area contributed by atoms with Gasteiger partial charge in [0.25, 0.3) is 5.56 Å². The van der Waals surface area contributed by atoms with Crippen LogP contribution in [0.4, 0.5) is 5.69 Å². The van der Waals surface area contributed by atoms with Gasteiger partial charge in [0.15, 0.2) is 0 Å². The Morgan fingerprint density at radius 2 is 1.74 bits per heavy atom. The number of nitrogens with one attached hydrogen (secondary N) is 1. The summed E-state index contributed by atoms with van der Waals surface area (Å²) in [6.07, 6.45) is 2.34. The van der Waals surface area contributed by atoms with Crippen LogP contribution in [0.2, 0.25) is 0 Å². The lowest BCUT2D eigenvalue weighted by atomic mass is 10.1. The minimum Gasteiger partial charge on any atom is -0.324 e. The van der Waals surface area contributed by atoms with E-state index in [2.05, 4.69) is 21.5 Å². The Morgan fingerprint density at radius 3 is 2.58 bits per heavy atom. The van der Waals surface area contributed by atoms with Gasteiger partial charge in [-0.2, -0.15) is 5.10 Å². The Hall–Kier alpha value is -3.84. The standard InChI is InChI=1S/C24H18N4O2S/c29-22(15-28-24(30)19-6-2-1-5-17(19)14-25-28)26-18-11-9-16(10-12-18)13-23-27-20-7-3-4-8-21(20)31-23/h1-12,14H,13,15H2,(H,26,29). The van der Waals surface area contributed by atoms with E-state index in [9.17, 15) is 9.59 Å². The first-order valence-corrected chi connectivity index (χ1v) is 10.7. The molecule has 1 N–H and O–H groups in total. The number of para-hydroxylation sites is 1. The monoisotopic (exact) mass is 426 g/mol. The molecule has 5 aromatic rings. The second-order valence-corrected chi connectivity index (χ2v) is 8.31. The van der Waals surface area contributed by atoms with Crippen LogP contribution < -0.4 is 10.9 Å². The number of hydrogen-bond acceptors (Lipinski definition) is 5. The maximum absolute atomic E-state index is 12.5. The van der Waals surface area contributed by atoms with E-state index in [1.807, 2.05) is 54.6 Å². The molecule has 3 aromatic carbocycles. The van der Waals surface area contributed by atoms with Gasteiger partial charge >= 0.3 is 0 Å². The SMILES string of the molecule is O=C(Cn1ncc2ccccc2c1=O)Nc1ccc(Cc2nc3ccccc3s2)cc1. The van der Waals surface area contributed by atoms with Crippen molar-refractivity contribution in [1.82, 2.24) is 14.8 Å². The van der Waals surface area contributed by atoms with Gasteiger partial charge < -0.3 is 5.32 Å². The number of carbonyl (C=O) groups is 1.